The van der Waals surface area contributed by atoms with E-state index in [1.165, 1.54) is 0 Å². The van der Waals surface area contributed by atoms with Crippen LogP contribution in [0.4, 0.5) is 5.69 Å². The number of nitrogen functional groups attached to an aromatic ring is 1. The summed E-state index contributed by atoms with van der Waals surface area (Å²) in [5.41, 5.74) is 8.00. The predicted molar refractivity (Wildman–Crippen MR) is 60.3 cm³/mol. The Morgan fingerprint density at radius 3 is 3.07 bits per heavy atom. The number of nitrogens with zero attached hydrogens (tertiary/aromatic N) is 1. The van der Waals surface area contributed by atoms with Crippen LogP contribution in [0.5, 0.6) is 0 Å². The van der Waals surface area contributed by atoms with Crippen LogP contribution >= 0.6 is 11.8 Å². The first kappa shape index (κ1) is 9.40. The second-order valence-corrected chi connectivity index (χ2v) is 4.21. The maximum absolute atomic E-state index is 5.77. The minimum Gasteiger partial charge on any atom is -0.440 e. The van der Waals surface area contributed by atoms with Gasteiger partial charge in [-0.15, -0.1) is 0 Å². The number of thioether (sulfide) groups is 1. The van der Waals surface area contributed by atoms with Crippen LogP contribution in [0.25, 0.3) is 11.1 Å². The van der Waals surface area contributed by atoms with E-state index in [9.17, 15) is 0 Å². The van der Waals surface area contributed by atoms with Crippen molar-refractivity contribution in [1.82, 2.24) is 4.98 Å². The van der Waals surface area contributed by atoms with Gasteiger partial charge in [0.1, 0.15) is 5.52 Å². The van der Waals surface area contributed by atoms with Crippen LogP contribution in [0.2, 0.25) is 0 Å². The molecule has 0 aliphatic rings. The van der Waals surface area contributed by atoms with E-state index in [2.05, 4.69) is 11.9 Å². The molecule has 4 heteroatoms. The maximum atomic E-state index is 5.77. The largest absolute Gasteiger partial charge is 0.440 e. The lowest BCUT2D eigenvalue weighted by Gasteiger charge is -1.89. The van der Waals surface area contributed by atoms with Gasteiger partial charge in [0.2, 0.25) is 5.89 Å². The highest BCUT2D eigenvalue weighted by atomic mass is 32.2. The van der Waals surface area contributed by atoms with Gasteiger partial charge in [0.05, 0.1) is 11.4 Å². The molecular formula is C10H12N2OS. The number of nitrogens with two attached hydrogens (primary N) is 1. The third-order valence-corrected chi connectivity index (χ3v) is 2.78. The lowest BCUT2D eigenvalue weighted by atomic mass is 10.3. The van der Waals surface area contributed by atoms with Crippen LogP contribution in [-0.4, -0.2) is 10.7 Å². The minimum absolute atomic E-state index is 0.680. The van der Waals surface area contributed by atoms with Gasteiger partial charge >= 0.3 is 0 Å². The summed E-state index contributed by atoms with van der Waals surface area (Å²) in [4.78, 5) is 4.34. The van der Waals surface area contributed by atoms with Crippen LogP contribution in [0.3, 0.4) is 0 Å². The van der Waals surface area contributed by atoms with Crippen molar-refractivity contribution in [3.8, 4) is 0 Å². The van der Waals surface area contributed by atoms with Gasteiger partial charge in [0.15, 0.2) is 5.58 Å². The Morgan fingerprint density at radius 1 is 1.50 bits per heavy atom. The minimum atomic E-state index is 0.680. The third kappa shape index (κ3) is 1.70. The van der Waals surface area contributed by atoms with Gasteiger partial charge < -0.3 is 10.2 Å². The standard InChI is InChI=1S/C10H12N2OS/c1-2-14-6-9-12-10-7(11)4-3-5-8(10)13-9/h3-5H,2,6,11H2,1H3. The van der Waals surface area contributed by atoms with E-state index in [0.29, 0.717) is 5.69 Å². The number of fused-ring (bicyclic) bond motifs is 1. The van der Waals surface area contributed by atoms with Crippen molar-refractivity contribution in [2.45, 2.75) is 12.7 Å². The summed E-state index contributed by atoms with van der Waals surface area (Å²) in [6.45, 7) is 2.11. The van der Waals surface area contributed by atoms with Gasteiger partial charge in [-0.3, -0.25) is 0 Å². The fraction of sp³-hybridized carbons (Fsp3) is 0.300. The van der Waals surface area contributed by atoms with Crippen LogP contribution < -0.4 is 5.73 Å². The van der Waals surface area contributed by atoms with Crippen molar-refractivity contribution in [1.29, 1.82) is 0 Å². The molecule has 3 nitrogen and oxygen atoms in total. The number of rotatable bonds is 3. The second-order valence-electron chi connectivity index (χ2n) is 2.94. The molecule has 0 unspecified atom stereocenters. The van der Waals surface area contributed by atoms with Crippen LogP contribution in [0.1, 0.15) is 12.8 Å². The van der Waals surface area contributed by atoms with Crippen molar-refractivity contribution in [3.63, 3.8) is 0 Å². The number of oxazole rings is 1. The van der Waals surface area contributed by atoms with Crippen LogP contribution in [0.15, 0.2) is 22.6 Å². The smallest absolute Gasteiger partial charge is 0.205 e. The summed E-state index contributed by atoms with van der Waals surface area (Å²) < 4.78 is 5.54. The normalized spacial score (nSPS) is 10.9. The van der Waals surface area contributed by atoms with E-state index >= 15 is 0 Å². The lowest BCUT2D eigenvalue weighted by molar-refractivity contribution is 0.556. The monoisotopic (exact) mass is 208 g/mol. The molecule has 0 saturated heterocycles. The molecule has 0 saturated carbocycles. The molecule has 14 heavy (non-hydrogen) atoms. The van der Waals surface area contributed by atoms with Gasteiger partial charge in [-0.25, -0.2) is 4.98 Å². The predicted octanol–water partition coefficient (Wildman–Crippen LogP) is 2.66. The molecule has 2 rings (SSSR count). The topological polar surface area (TPSA) is 52.0 Å². The van der Waals surface area contributed by atoms with Crippen molar-refractivity contribution in [2.24, 2.45) is 0 Å². The summed E-state index contributed by atoms with van der Waals surface area (Å²) >= 11 is 1.79. The number of hydrogen-bond acceptors (Lipinski definition) is 4. The molecule has 2 aromatic rings. The molecule has 0 aliphatic heterocycles. The Morgan fingerprint density at radius 2 is 2.36 bits per heavy atom. The first-order valence-electron chi connectivity index (χ1n) is 4.53. The van der Waals surface area contributed by atoms with Gasteiger partial charge in [-0.2, -0.15) is 11.8 Å². The van der Waals surface area contributed by atoms with Gasteiger partial charge in [-0.05, 0) is 17.9 Å². The Labute approximate surface area is 86.7 Å². The highest BCUT2D eigenvalue weighted by molar-refractivity contribution is 7.98. The number of para-hydroxylation sites is 1. The van der Waals surface area contributed by atoms with Crippen molar-refractivity contribution >= 4 is 28.5 Å². The molecule has 0 radical (unpaired) electrons. The Balaban J connectivity index is 2.36. The lowest BCUT2D eigenvalue weighted by Crippen LogP contribution is -1.85. The van der Waals surface area contributed by atoms with E-state index in [1.807, 2.05) is 18.2 Å². The van der Waals surface area contributed by atoms with E-state index in [0.717, 1.165) is 28.5 Å². The molecule has 0 atom stereocenters. The Kier molecular flexibility index (Phi) is 2.63. The SMILES string of the molecule is CCSCc1nc2c(N)cccc2o1. The Bertz CT molecular complexity index is 439. The van der Waals surface area contributed by atoms with E-state index < -0.39 is 0 Å². The van der Waals surface area contributed by atoms with Crippen molar-refractivity contribution < 1.29 is 4.42 Å². The summed E-state index contributed by atoms with van der Waals surface area (Å²) in [5, 5.41) is 0. The summed E-state index contributed by atoms with van der Waals surface area (Å²) in [7, 11) is 0. The first-order valence-corrected chi connectivity index (χ1v) is 5.68. The van der Waals surface area contributed by atoms with E-state index in [-0.39, 0.29) is 0 Å². The molecule has 0 amide bonds. The van der Waals surface area contributed by atoms with Crippen LogP contribution in [-0.2, 0) is 5.75 Å². The zero-order valence-electron chi connectivity index (χ0n) is 7.99. The maximum Gasteiger partial charge on any atom is 0.205 e. The van der Waals surface area contributed by atoms with Gasteiger partial charge in [-0.1, -0.05) is 13.0 Å². The quantitative estimate of drug-likeness (QED) is 0.788. The molecule has 0 aliphatic carbocycles. The average molecular weight is 208 g/mol. The van der Waals surface area contributed by atoms with E-state index in [1.54, 1.807) is 11.8 Å². The molecule has 1 heterocycles. The zero-order valence-corrected chi connectivity index (χ0v) is 8.80. The number of hydrogen-bond donors (Lipinski definition) is 1. The summed E-state index contributed by atoms with van der Waals surface area (Å²) in [6.07, 6.45) is 0. The van der Waals surface area contributed by atoms with Crippen molar-refractivity contribution in [3.05, 3.63) is 24.1 Å². The second kappa shape index (κ2) is 3.92. The van der Waals surface area contributed by atoms with Gasteiger partial charge in [0, 0.05) is 0 Å². The van der Waals surface area contributed by atoms with Gasteiger partial charge in [0.25, 0.3) is 0 Å². The molecule has 0 spiro atoms. The highest BCUT2D eigenvalue weighted by Gasteiger charge is 2.06. The molecule has 1 aromatic heterocycles. The molecular weight excluding hydrogens is 196 g/mol. The number of anilines is 1. The van der Waals surface area contributed by atoms with Crippen molar-refractivity contribution in [2.75, 3.05) is 11.5 Å². The molecule has 74 valence electrons. The fourth-order valence-corrected chi connectivity index (χ4v) is 1.77. The first-order chi connectivity index (χ1) is 6.81. The average Bonchev–Trinajstić information content (AvgIpc) is 2.59. The summed E-state index contributed by atoms with van der Waals surface area (Å²) in [6, 6.07) is 5.60. The fourth-order valence-electron chi connectivity index (χ4n) is 1.27. The molecule has 2 N–H and O–H groups in total. The number of aromatic nitrogens is 1. The zero-order chi connectivity index (χ0) is 9.97. The molecule has 0 fully saturated rings. The summed E-state index contributed by atoms with van der Waals surface area (Å²) in [5.74, 6) is 2.63. The van der Waals surface area contributed by atoms with E-state index in [4.69, 9.17) is 10.2 Å². The molecule has 0 bridgehead atoms. The molecule has 1 aromatic carbocycles. The Hall–Kier alpha value is -1.16. The highest BCUT2D eigenvalue weighted by Crippen LogP contribution is 2.23. The number of benzene rings is 1. The van der Waals surface area contributed by atoms with Crippen LogP contribution in [0, 0.1) is 0 Å². The third-order valence-electron chi connectivity index (χ3n) is 1.92.